The third-order valence-electron chi connectivity index (χ3n) is 7.94. The van der Waals surface area contributed by atoms with Crippen molar-refractivity contribution in [1.29, 1.82) is 0 Å². The van der Waals surface area contributed by atoms with Gasteiger partial charge >= 0.3 is 6.18 Å². The van der Waals surface area contributed by atoms with Crippen molar-refractivity contribution in [2.75, 3.05) is 23.4 Å². The van der Waals surface area contributed by atoms with Crippen LogP contribution in [0.2, 0.25) is 0 Å². The molecule has 4 atom stereocenters. The van der Waals surface area contributed by atoms with Crippen molar-refractivity contribution in [2.24, 2.45) is 17.8 Å². The number of amides is 1. The van der Waals surface area contributed by atoms with Gasteiger partial charge in [-0.15, -0.1) is 0 Å². The van der Waals surface area contributed by atoms with Crippen LogP contribution < -0.4 is 10.6 Å². The summed E-state index contributed by atoms with van der Waals surface area (Å²) >= 11 is 0. The molecule has 1 saturated carbocycles. The molecule has 8 nitrogen and oxygen atoms in total. The zero-order valence-corrected chi connectivity index (χ0v) is 24.8. The standard InChI is InChI=1S/C28H40F3N5O3S/c1-7-36(40(6,38)39)26-11-9-8-10-22(26)19(4)17(2)15-25-23(28(29,30)31)16-32-27(35-25)34-21-12-13-24(18(3)14-21)33-20(5)37/h12-14,16-17,19,22,26H,7-11,15H2,1-6H3,(H,33,37)(H,32,34,35). The molecule has 0 radical (unpaired) electrons. The molecule has 1 aliphatic rings. The summed E-state index contributed by atoms with van der Waals surface area (Å²) in [5.41, 5.74) is 1.00. The van der Waals surface area contributed by atoms with Crippen LogP contribution in [-0.2, 0) is 27.4 Å². The topological polar surface area (TPSA) is 104 Å². The molecule has 222 valence electrons. The van der Waals surface area contributed by atoms with Gasteiger partial charge in [0, 0.05) is 37.1 Å². The molecule has 0 aliphatic heterocycles. The molecular weight excluding hydrogens is 543 g/mol. The number of benzene rings is 1. The first-order chi connectivity index (χ1) is 18.6. The van der Waals surface area contributed by atoms with Gasteiger partial charge in [-0.2, -0.15) is 17.5 Å². The van der Waals surface area contributed by atoms with Crippen molar-refractivity contribution in [1.82, 2.24) is 14.3 Å². The van der Waals surface area contributed by atoms with E-state index in [1.165, 1.54) is 13.2 Å². The second-order valence-electron chi connectivity index (χ2n) is 10.9. The number of carbonyl (C=O) groups is 1. The molecule has 1 aliphatic carbocycles. The van der Waals surface area contributed by atoms with E-state index in [9.17, 15) is 26.4 Å². The Morgan fingerprint density at radius 1 is 1.20 bits per heavy atom. The zero-order valence-electron chi connectivity index (χ0n) is 24.0. The molecule has 3 rings (SSSR count). The molecule has 1 aromatic carbocycles. The Hall–Kier alpha value is -2.73. The second kappa shape index (κ2) is 12.8. The van der Waals surface area contributed by atoms with E-state index >= 15 is 0 Å². The van der Waals surface area contributed by atoms with Gasteiger partial charge in [-0.05, 0) is 67.7 Å². The van der Waals surface area contributed by atoms with Crippen molar-refractivity contribution in [3.63, 3.8) is 0 Å². The fourth-order valence-corrected chi connectivity index (χ4v) is 7.03. The Bertz CT molecular complexity index is 1300. The summed E-state index contributed by atoms with van der Waals surface area (Å²) in [5, 5.41) is 5.70. The van der Waals surface area contributed by atoms with E-state index in [0.717, 1.165) is 37.4 Å². The van der Waals surface area contributed by atoms with Crippen molar-refractivity contribution in [3.8, 4) is 0 Å². The minimum atomic E-state index is -4.61. The Morgan fingerprint density at radius 3 is 2.45 bits per heavy atom. The molecule has 40 heavy (non-hydrogen) atoms. The number of nitrogens with one attached hydrogen (secondary N) is 2. The monoisotopic (exact) mass is 583 g/mol. The SMILES string of the molecule is CCN(C1CCCCC1C(C)C(C)Cc1nc(Nc2ccc(NC(C)=O)c(C)c2)ncc1C(F)(F)F)S(C)(=O)=O. The van der Waals surface area contributed by atoms with E-state index in [4.69, 9.17) is 0 Å². The van der Waals surface area contributed by atoms with Gasteiger partial charge in [0.05, 0.1) is 17.5 Å². The molecule has 1 fully saturated rings. The quantitative estimate of drug-likeness (QED) is 0.347. The predicted octanol–water partition coefficient (Wildman–Crippen LogP) is 6.16. The van der Waals surface area contributed by atoms with Crippen LogP contribution in [0.15, 0.2) is 24.4 Å². The number of halogens is 3. The Morgan fingerprint density at radius 2 is 1.88 bits per heavy atom. The first-order valence-corrected chi connectivity index (χ1v) is 15.5. The van der Waals surface area contributed by atoms with Gasteiger partial charge in [0.15, 0.2) is 0 Å². The first-order valence-electron chi connectivity index (χ1n) is 13.7. The number of aryl methyl sites for hydroxylation is 1. The van der Waals surface area contributed by atoms with Crippen molar-refractivity contribution in [2.45, 2.75) is 78.9 Å². The first kappa shape index (κ1) is 31.8. The number of hydrogen-bond donors (Lipinski definition) is 2. The molecule has 0 spiro atoms. The molecule has 1 heterocycles. The average Bonchev–Trinajstić information content (AvgIpc) is 2.84. The van der Waals surface area contributed by atoms with Crippen LogP contribution in [0.5, 0.6) is 0 Å². The third kappa shape index (κ3) is 7.93. The maximum absolute atomic E-state index is 14.0. The maximum atomic E-state index is 14.0. The number of rotatable bonds is 10. The van der Waals surface area contributed by atoms with Crippen LogP contribution in [-0.4, -0.2) is 47.4 Å². The van der Waals surface area contributed by atoms with Gasteiger partial charge in [0.1, 0.15) is 0 Å². The maximum Gasteiger partial charge on any atom is 0.419 e. The molecule has 2 aromatic rings. The lowest BCUT2D eigenvalue weighted by Gasteiger charge is -2.42. The van der Waals surface area contributed by atoms with Crippen LogP contribution in [0.25, 0.3) is 0 Å². The van der Waals surface area contributed by atoms with Gasteiger partial charge in [-0.25, -0.2) is 18.4 Å². The number of carbonyl (C=O) groups excluding carboxylic acids is 1. The van der Waals surface area contributed by atoms with E-state index in [-0.39, 0.29) is 47.8 Å². The summed E-state index contributed by atoms with van der Waals surface area (Å²) in [6, 6.07) is 4.97. The lowest BCUT2D eigenvalue weighted by molar-refractivity contribution is -0.138. The normalized spacial score (nSPS) is 19.8. The number of sulfonamides is 1. The third-order valence-corrected chi connectivity index (χ3v) is 9.32. The van der Waals surface area contributed by atoms with Crippen LogP contribution in [0.4, 0.5) is 30.5 Å². The van der Waals surface area contributed by atoms with E-state index in [0.29, 0.717) is 17.9 Å². The molecule has 12 heteroatoms. The molecule has 0 bridgehead atoms. The van der Waals surface area contributed by atoms with Gasteiger partial charge in [-0.3, -0.25) is 4.79 Å². The minimum Gasteiger partial charge on any atom is -0.326 e. The number of hydrogen-bond acceptors (Lipinski definition) is 6. The number of alkyl halides is 3. The second-order valence-corrected chi connectivity index (χ2v) is 12.8. The summed E-state index contributed by atoms with van der Waals surface area (Å²) in [6.07, 6.45) is 0.964. The van der Waals surface area contributed by atoms with Crippen LogP contribution in [0.3, 0.4) is 0 Å². The van der Waals surface area contributed by atoms with Crippen LogP contribution in [0.1, 0.15) is 70.2 Å². The fourth-order valence-electron chi connectivity index (χ4n) is 5.81. The largest absolute Gasteiger partial charge is 0.419 e. The molecule has 2 N–H and O–H groups in total. The molecule has 1 aromatic heterocycles. The predicted molar refractivity (Wildman–Crippen MR) is 151 cm³/mol. The summed E-state index contributed by atoms with van der Waals surface area (Å²) < 4.78 is 68.4. The lowest BCUT2D eigenvalue weighted by atomic mass is 9.71. The fraction of sp³-hybridized carbons (Fsp3) is 0.607. The molecular formula is C28H40F3N5O3S. The summed E-state index contributed by atoms with van der Waals surface area (Å²) in [4.78, 5) is 19.6. The van der Waals surface area contributed by atoms with Gasteiger partial charge in [0.25, 0.3) is 0 Å². The summed E-state index contributed by atoms with van der Waals surface area (Å²) in [7, 11) is -3.40. The van der Waals surface area contributed by atoms with Crippen molar-refractivity contribution < 1.29 is 26.4 Å². The lowest BCUT2D eigenvalue weighted by Crippen LogP contribution is -2.48. The van der Waals surface area contributed by atoms with Crippen LogP contribution >= 0.6 is 0 Å². The van der Waals surface area contributed by atoms with E-state index in [1.807, 2.05) is 20.8 Å². The highest BCUT2D eigenvalue weighted by Gasteiger charge is 2.40. The minimum absolute atomic E-state index is 0.0301. The molecule has 1 amide bonds. The summed E-state index contributed by atoms with van der Waals surface area (Å²) in [5.74, 6) is -0.345. The number of aromatic nitrogens is 2. The Balaban J connectivity index is 1.86. The zero-order chi connectivity index (χ0) is 29.8. The number of nitrogens with zero attached hydrogens (tertiary/aromatic N) is 3. The summed E-state index contributed by atoms with van der Waals surface area (Å²) in [6.45, 7) is 9.32. The highest BCUT2D eigenvalue weighted by molar-refractivity contribution is 7.88. The van der Waals surface area contributed by atoms with Crippen molar-refractivity contribution in [3.05, 3.63) is 41.2 Å². The highest BCUT2D eigenvalue weighted by atomic mass is 32.2. The van der Waals surface area contributed by atoms with Crippen LogP contribution in [0, 0.1) is 24.7 Å². The molecule has 4 unspecified atom stereocenters. The molecule has 0 saturated heterocycles. The van der Waals surface area contributed by atoms with E-state index in [2.05, 4.69) is 20.6 Å². The van der Waals surface area contributed by atoms with Gasteiger partial charge in [-0.1, -0.05) is 33.6 Å². The average molecular weight is 584 g/mol. The smallest absolute Gasteiger partial charge is 0.326 e. The van der Waals surface area contributed by atoms with Gasteiger partial charge in [0.2, 0.25) is 21.9 Å². The Labute approximate surface area is 235 Å². The number of anilines is 3. The highest BCUT2D eigenvalue weighted by Crippen LogP contribution is 2.40. The van der Waals surface area contributed by atoms with Crippen molar-refractivity contribution >= 4 is 33.3 Å². The van der Waals surface area contributed by atoms with E-state index in [1.54, 1.807) is 29.4 Å². The van der Waals surface area contributed by atoms with E-state index < -0.39 is 21.8 Å². The Kier molecular flexibility index (Phi) is 10.2. The van der Waals surface area contributed by atoms with Gasteiger partial charge < -0.3 is 10.6 Å².